The topological polar surface area (TPSA) is 763 Å². The smallest absolute Gasteiger partial charge is 1.00 e. The third kappa shape index (κ3) is 1210000. The van der Waals surface area contributed by atoms with Crippen LogP contribution in [-0.2, 0) is 0 Å². The molecule has 50 heavy (non-hydrogen) atoms. The summed E-state index contributed by atoms with van der Waals surface area (Å²) >= 11 is 0. The van der Waals surface area contributed by atoms with E-state index in [9.17, 15) is 0 Å². The first-order valence-corrected chi connectivity index (χ1v) is 9.30. The zero-order chi connectivity index (χ0) is 42.9. The molecule has 0 heterocycles. The van der Waals surface area contributed by atoms with Gasteiger partial charge in [0.2, 0.25) is 0 Å². The maximum Gasteiger partial charge on any atom is 1.00 e. The molecule has 0 bridgehead atoms. The first-order valence-electron chi connectivity index (χ1n) is 9.30. The molecule has 0 aromatic heterocycles. The van der Waals surface area contributed by atoms with Gasteiger partial charge in [-0.05, 0) is 0 Å². The Labute approximate surface area is 305 Å². The van der Waals surface area contributed by atoms with Crippen molar-refractivity contribution in [1.29, 1.82) is 0 Å². The van der Waals surface area contributed by atoms with Crippen molar-refractivity contribution in [2.24, 2.45) is 0 Å². The summed E-state index contributed by atoms with van der Waals surface area (Å²) in [4.78, 5) is 0. The summed E-state index contributed by atoms with van der Waals surface area (Å²) in [6.45, 7) is 0. The van der Waals surface area contributed by atoms with Gasteiger partial charge < -0.3 is 188 Å². The Morgan fingerprint density at radius 3 is 0.140 bits per heavy atom. The second-order valence-electron chi connectivity index (χ2n) is 4.16. The van der Waals surface area contributed by atoms with Gasteiger partial charge in [0.05, 0.1) is 0 Å². The summed E-state index contributed by atoms with van der Waals surface area (Å²) < 4.78 is 0. The van der Waals surface area contributed by atoms with Crippen LogP contribution in [0.15, 0.2) is 0 Å². The van der Waals surface area contributed by atoms with Crippen molar-refractivity contribution in [1.82, 2.24) is 6.15 Å². The van der Waals surface area contributed by atoms with Crippen LogP contribution in [0.25, 0.3) is 0 Å². The Hall–Kier alpha value is 0.299. The maximum atomic E-state index is 7.17. The van der Waals surface area contributed by atoms with E-state index in [1.54, 1.807) is 0 Å². The summed E-state index contributed by atoms with van der Waals surface area (Å²) in [5.41, 5.74) is 0. The largest absolute Gasteiger partial charge is 1.00 e. The van der Waals surface area contributed by atoms with Gasteiger partial charge in [0, 0.05) is 0 Å². The normalized spacial score (nSPS) is 6.48. The summed E-state index contributed by atoms with van der Waals surface area (Å²) in [6, 6.07) is 0. The Morgan fingerprint density at radius 1 is 0.140 bits per heavy atom. The van der Waals surface area contributed by atoms with Crippen LogP contribution in [0.1, 0.15) is 1.43 Å². The molecule has 0 spiro atoms. The molecule has 0 atom stereocenters. The molecule has 0 radical (unpaired) electrons. The van der Waals surface area contributed by atoms with Gasteiger partial charge in [0.25, 0.3) is 0 Å². The molecule has 39 N–H and O–H groups in total. The molecule has 298 valence electrons. The summed E-state index contributed by atoms with van der Waals surface area (Å²) in [7, 11) is -26.0. The van der Waals surface area contributed by atoms with Crippen LogP contribution >= 0.6 is 0 Å². The Kier molecular flexibility index (Phi) is 162. The molecular weight excluding hydrogens is 743 g/mol. The third-order valence-electron chi connectivity index (χ3n) is 0. The van der Waals surface area contributed by atoms with E-state index in [0.29, 0.717) is 0 Å². The third-order valence-corrected chi connectivity index (χ3v) is 0. The van der Waals surface area contributed by atoms with Crippen molar-refractivity contribution in [3.05, 3.63) is 0 Å². The van der Waals surface area contributed by atoms with Crippen LogP contribution in [0.4, 0.5) is 0 Å². The van der Waals surface area contributed by atoms with Crippen LogP contribution in [0.3, 0.4) is 0 Å². The van der Waals surface area contributed by atoms with Gasteiger partial charge in [0.1, 0.15) is 0 Å². The monoisotopic (exact) mass is 785 g/mol. The van der Waals surface area contributed by atoms with Crippen molar-refractivity contribution in [2.45, 2.75) is 0 Å². The van der Waals surface area contributed by atoms with E-state index < -0.39 is 87.9 Å². The molecule has 0 aromatic rings. The fraction of sp³-hybridized carbons (Fsp3) is 0. The fourth-order valence-electron chi connectivity index (χ4n) is 0. The van der Waals surface area contributed by atoms with E-state index in [0.717, 1.165) is 0 Å². The van der Waals surface area contributed by atoms with Gasteiger partial charge in [0.15, 0.2) is 0 Å². The number of hydrogen-bond donors (Lipinski definition) is 37. The fourth-order valence-corrected chi connectivity index (χ4v) is 0. The standard InChI is InChI=1S/12BH3O3.H3N.Na.H/c12*2-1(3)4;;;/h12*2-4H;1H3;;/q;;;;;;;;;;;;;+1;-1. The number of hydrogen-bond acceptors (Lipinski definition) is 37. The second kappa shape index (κ2) is 87.3. The molecule has 0 rings (SSSR count). The molecule has 0 unspecified atom stereocenters. The molecule has 0 saturated carbocycles. The van der Waals surface area contributed by atoms with Crippen LogP contribution in [0.5, 0.6) is 0 Å². The summed E-state index contributed by atoms with van der Waals surface area (Å²) in [5, 5.41) is 258. The Bertz CT molecular complexity index is 246. The van der Waals surface area contributed by atoms with Gasteiger partial charge in [-0.1, -0.05) is 0 Å². The van der Waals surface area contributed by atoms with Gasteiger partial charge in [-0.25, -0.2) is 0 Å². The van der Waals surface area contributed by atoms with Gasteiger partial charge in [-0.3, -0.25) is 0 Å². The molecule has 0 saturated heterocycles. The second-order valence-corrected chi connectivity index (χ2v) is 4.16. The zero-order valence-electron chi connectivity index (χ0n) is 25.7. The Balaban J connectivity index is -0.0000000212. The van der Waals surface area contributed by atoms with E-state index in [1.807, 2.05) is 0 Å². The molecule has 0 amide bonds. The van der Waals surface area contributed by atoms with E-state index in [4.69, 9.17) is 181 Å². The van der Waals surface area contributed by atoms with Crippen LogP contribution in [0, 0.1) is 0 Å². The van der Waals surface area contributed by atoms with E-state index in [1.165, 1.54) is 0 Å². The van der Waals surface area contributed by atoms with Crippen molar-refractivity contribution in [3.8, 4) is 0 Å². The van der Waals surface area contributed by atoms with Crippen LogP contribution in [-0.4, -0.2) is 269 Å². The molecule has 0 aliphatic rings. The molecular formula is H40B12NNaO36. The average molecular weight is 783 g/mol. The zero-order valence-corrected chi connectivity index (χ0v) is 26.7. The minimum Gasteiger partial charge on any atom is -1.00 e. The predicted octanol–water partition coefficient (Wildman–Crippen LogP) is -27.3. The van der Waals surface area contributed by atoms with Gasteiger partial charge in [-0.2, -0.15) is 0 Å². The Morgan fingerprint density at radius 2 is 0.140 bits per heavy atom. The quantitative estimate of drug-likeness (QED) is 0.101. The molecule has 50 heteroatoms. The van der Waals surface area contributed by atoms with Crippen molar-refractivity contribution >= 4 is 87.9 Å². The average Bonchev–Trinajstić information content (AvgIpc) is 2.61. The molecule has 0 aromatic carbocycles. The van der Waals surface area contributed by atoms with E-state index in [2.05, 4.69) is 0 Å². The van der Waals surface area contributed by atoms with E-state index >= 15 is 0 Å². The van der Waals surface area contributed by atoms with Crippen LogP contribution in [0.2, 0.25) is 0 Å². The van der Waals surface area contributed by atoms with Crippen molar-refractivity contribution < 1.29 is 212 Å². The van der Waals surface area contributed by atoms with E-state index in [-0.39, 0.29) is 37.1 Å². The first-order chi connectivity index (χ1) is 20.8. The van der Waals surface area contributed by atoms with Gasteiger partial charge in [-0.15, -0.1) is 0 Å². The van der Waals surface area contributed by atoms with Crippen molar-refractivity contribution in [3.63, 3.8) is 0 Å². The van der Waals surface area contributed by atoms with Crippen LogP contribution < -0.4 is 35.7 Å². The molecule has 0 aliphatic heterocycles. The van der Waals surface area contributed by atoms with Gasteiger partial charge >= 0.3 is 117 Å². The SMILES string of the molecule is N.OB(O)O.OB(O)O.OB(O)O.OB(O)O.OB(O)O.OB(O)O.OB(O)O.OB(O)O.OB(O)O.OB(O)O.OB(O)O.OB(O)O.[H-].[Na+]. The summed E-state index contributed by atoms with van der Waals surface area (Å²) in [6.07, 6.45) is 0. The van der Waals surface area contributed by atoms with Crippen molar-refractivity contribution in [2.75, 3.05) is 0 Å². The predicted molar refractivity (Wildman–Crippen MR) is 155 cm³/mol. The maximum absolute atomic E-state index is 7.17. The number of rotatable bonds is 0. The minimum atomic E-state index is -2.17. The summed E-state index contributed by atoms with van der Waals surface area (Å²) in [5.74, 6) is 0. The molecule has 0 aliphatic carbocycles. The first kappa shape index (κ1) is 92.8. The minimum absolute atomic E-state index is 0. The molecule has 37 nitrogen and oxygen atoms in total. The molecule has 0 fully saturated rings.